The van der Waals surface area contributed by atoms with Crippen molar-refractivity contribution in [3.8, 4) is 0 Å². The first-order valence-electron chi connectivity index (χ1n) is 6.29. The van der Waals surface area contributed by atoms with E-state index in [9.17, 15) is 4.79 Å². The number of halogens is 1. The van der Waals surface area contributed by atoms with Gasteiger partial charge in [0.1, 0.15) is 11.2 Å². The molecular formula is C14H15IN2O2S. The van der Waals surface area contributed by atoms with Gasteiger partial charge >= 0.3 is 0 Å². The highest BCUT2D eigenvalue weighted by Gasteiger charge is 2.15. The highest BCUT2D eigenvalue weighted by molar-refractivity contribution is 14.2. The maximum Gasteiger partial charge on any atom is 0.269 e. The van der Waals surface area contributed by atoms with Crippen LogP contribution >= 0.6 is 30.1 Å². The highest BCUT2D eigenvalue weighted by Crippen LogP contribution is 2.29. The molecule has 0 aliphatic rings. The summed E-state index contributed by atoms with van der Waals surface area (Å²) in [6.07, 6.45) is 6.38. The van der Waals surface area contributed by atoms with Gasteiger partial charge in [-0.1, -0.05) is 19.1 Å². The fraction of sp³-hybridized carbons (Fsp3) is 0.286. The third-order valence-corrected chi connectivity index (χ3v) is 4.55. The normalized spacial score (nSPS) is 12.7. The monoisotopic (exact) mass is 402 g/mol. The fourth-order valence-corrected chi connectivity index (χ4v) is 2.94. The van der Waals surface area contributed by atoms with Crippen LogP contribution in [-0.4, -0.2) is 9.55 Å². The molecule has 106 valence electrons. The molecule has 0 atom stereocenters. The average Bonchev–Trinajstić information content (AvgIpc) is 2.88. The zero-order valence-electron chi connectivity index (χ0n) is 11.5. The Morgan fingerprint density at radius 2 is 2.30 bits per heavy atom. The van der Waals surface area contributed by atoms with Crippen molar-refractivity contribution in [1.82, 2.24) is 9.55 Å². The van der Waals surface area contributed by atoms with Gasteiger partial charge in [0.2, 0.25) is 5.71 Å². The number of allylic oxidation sites excluding steroid dienone is 4. The van der Waals surface area contributed by atoms with E-state index in [1.54, 1.807) is 10.6 Å². The Bertz CT molecular complexity index is 743. The number of aromatic nitrogens is 2. The van der Waals surface area contributed by atoms with Crippen molar-refractivity contribution in [2.45, 2.75) is 32.3 Å². The number of nitrogens with zero attached hydrogens (tertiary/aromatic N) is 2. The minimum Gasteiger partial charge on any atom is -0.430 e. The van der Waals surface area contributed by atoms with Gasteiger partial charge in [-0.3, -0.25) is 9.36 Å². The summed E-state index contributed by atoms with van der Waals surface area (Å²) < 4.78 is 7.21. The standard InChI is InChI=1S/C14H15IN2O2S/c1-4-7-9(5-2)17-11(6-3)16-13-10(14(17)18)8-12(19-13)20-15/h4-5,7-8H,6H2,1-3H3/b7-4-,9-5+. The molecule has 2 aromatic rings. The maximum absolute atomic E-state index is 12.7. The molecule has 0 unspecified atom stereocenters. The average molecular weight is 402 g/mol. The Balaban J connectivity index is 2.82. The molecule has 0 saturated heterocycles. The lowest BCUT2D eigenvalue weighted by molar-refractivity contribution is 0.505. The highest BCUT2D eigenvalue weighted by atomic mass is 127. The Labute approximate surface area is 133 Å². The zero-order valence-corrected chi connectivity index (χ0v) is 14.5. The Hall–Kier alpha value is -1.02. The van der Waals surface area contributed by atoms with Crippen LogP contribution in [0.1, 0.15) is 26.6 Å². The molecule has 20 heavy (non-hydrogen) atoms. The minimum absolute atomic E-state index is 0.0847. The number of rotatable bonds is 4. The van der Waals surface area contributed by atoms with Gasteiger partial charge < -0.3 is 4.42 Å². The summed E-state index contributed by atoms with van der Waals surface area (Å²) in [5.74, 6) is 0.702. The predicted molar refractivity (Wildman–Crippen MR) is 92.3 cm³/mol. The van der Waals surface area contributed by atoms with Crippen LogP contribution in [0.4, 0.5) is 0 Å². The predicted octanol–water partition coefficient (Wildman–Crippen LogP) is 4.43. The van der Waals surface area contributed by atoms with Crippen LogP contribution in [0.15, 0.2) is 38.6 Å². The minimum atomic E-state index is -0.0847. The zero-order chi connectivity index (χ0) is 14.7. The van der Waals surface area contributed by atoms with Crippen molar-refractivity contribution in [2.24, 2.45) is 0 Å². The molecular weight excluding hydrogens is 387 g/mol. The molecule has 0 saturated carbocycles. The second kappa shape index (κ2) is 6.62. The maximum atomic E-state index is 12.7. The van der Waals surface area contributed by atoms with Gasteiger partial charge in [-0.25, -0.2) is 0 Å². The van der Waals surface area contributed by atoms with Crippen molar-refractivity contribution < 1.29 is 4.42 Å². The summed E-state index contributed by atoms with van der Waals surface area (Å²) >= 11 is 2.12. The van der Waals surface area contributed by atoms with Crippen LogP contribution < -0.4 is 5.56 Å². The molecule has 0 aliphatic carbocycles. The van der Waals surface area contributed by atoms with Gasteiger partial charge in [0, 0.05) is 39.4 Å². The fourth-order valence-electron chi connectivity index (χ4n) is 2.01. The van der Waals surface area contributed by atoms with E-state index >= 15 is 0 Å². The van der Waals surface area contributed by atoms with Crippen LogP contribution in [0.2, 0.25) is 0 Å². The summed E-state index contributed by atoms with van der Waals surface area (Å²) in [4.78, 5) is 17.2. The quantitative estimate of drug-likeness (QED) is 0.561. The Morgan fingerprint density at radius 3 is 2.85 bits per heavy atom. The number of fused-ring (bicyclic) bond motifs is 1. The van der Waals surface area contributed by atoms with Crippen LogP contribution in [-0.2, 0) is 6.42 Å². The molecule has 2 heterocycles. The molecule has 4 nitrogen and oxygen atoms in total. The van der Waals surface area contributed by atoms with Crippen molar-refractivity contribution in [3.63, 3.8) is 0 Å². The second-order valence-electron chi connectivity index (χ2n) is 4.10. The lowest BCUT2D eigenvalue weighted by Gasteiger charge is -2.11. The van der Waals surface area contributed by atoms with Gasteiger partial charge in [-0.05, 0) is 28.9 Å². The third kappa shape index (κ3) is 2.71. The van der Waals surface area contributed by atoms with E-state index in [0.29, 0.717) is 28.4 Å². The summed E-state index contributed by atoms with van der Waals surface area (Å²) in [6.45, 7) is 5.81. The van der Waals surface area contributed by atoms with Gasteiger partial charge in [0.15, 0.2) is 5.09 Å². The van der Waals surface area contributed by atoms with E-state index in [1.165, 1.54) is 8.93 Å². The molecule has 0 N–H and O–H groups in total. The molecule has 0 aliphatic heterocycles. The summed E-state index contributed by atoms with van der Waals surface area (Å²) in [6, 6.07) is 1.75. The molecule has 0 amide bonds. The van der Waals surface area contributed by atoms with Crippen molar-refractivity contribution in [3.05, 3.63) is 40.5 Å². The summed E-state index contributed by atoms with van der Waals surface area (Å²) in [5.41, 5.74) is 1.16. The van der Waals surface area contributed by atoms with Gasteiger partial charge in [0.05, 0.1) is 0 Å². The molecule has 0 bridgehead atoms. The lowest BCUT2D eigenvalue weighted by Crippen LogP contribution is -2.23. The Morgan fingerprint density at radius 1 is 1.55 bits per heavy atom. The number of aryl methyl sites for hydroxylation is 1. The second-order valence-corrected chi connectivity index (χ2v) is 5.97. The smallest absolute Gasteiger partial charge is 0.269 e. The van der Waals surface area contributed by atoms with E-state index in [-0.39, 0.29) is 5.56 Å². The van der Waals surface area contributed by atoms with Gasteiger partial charge in [-0.15, -0.1) is 0 Å². The largest absolute Gasteiger partial charge is 0.430 e. The molecule has 0 fully saturated rings. The van der Waals surface area contributed by atoms with E-state index < -0.39 is 0 Å². The topological polar surface area (TPSA) is 48.0 Å². The van der Waals surface area contributed by atoms with Crippen LogP contribution in [0.25, 0.3) is 16.8 Å². The van der Waals surface area contributed by atoms with Crippen molar-refractivity contribution >= 4 is 46.9 Å². The molecule has 0 radical (unpaired) electrons. The van der Waals surface area contributed by atoms with Crippen LogP contribution in [0.3, 0.4) is 0 Å². The van der Waals surface area contributed by atoms with Crippen molar-refractivity contribution in [1.29, 1.82) is 0 Å². The summed E-state index contributed by atoms with van der Waals surface area (Å²) in [5, 5.41) is 1.21. The molecule has 0 aromatic carbocycles. The first kappa shape index (κ1) is 15.4. The molecule has 2 rings (SSSR count). The number of furan rings is 1. The van der Waals surface area contributed by atoms with E-state index in [1.807, 2.05) is 39.0 Å². The van der Waals surface area contributed by atoms with E-state index in [4.69, 9.17) is 4.42 Å². The molecule has 2 aromatic heterocycles. The van der Waals surface area contributed by atoms with Gasteiger partial charge in [0.25, 0.3) is 5.56 Å². The molecule has 0 spiro atoms. The SMILES string of the molecule is C/C=C\C(=C/C)n1c(CC)nc2oc(SI)cc2c1=O. The summed E-state index contributed by atoms with van der Waals surface area (Å²) in [7, 11) is 1.43. The first-order valence-corrected chi connectivity index (χ1v) is 9.65. The number of hydrogen-bond acceptors (Lipinski definition) is 4. The lowest BCUT2D eigenvalue weighted by atomic mass is 10.3. The molecule has 6 heteroatoms. The van der Waals surface area contributed by atoms with Gasteiger partial charge in [-0.2, -0.15) is 4.98 Å². The Kier molecular flexibility index (Phi) is 5.09. The van der Waals surface area contributed by atoms with Crippen LogP contribution in [0.5, 0.6) is 0 Å². The van der Waals surface area contributed by atoms with Crippen molar-refractivity contribution in [2.75, 3.05) is 0 Å². The first-order chi connectivity index (χ1) is 9.65. The number of hydrogen-bond donors (Lipinski definition) is 0. The van der Waals surface area contributed by atoms with E-state index in [0.717, 1.165) is 5.70 Å². The third-order valence-electron chi connectivity index (χ3n) is 2.90. The van der Waals surface area contributed by atoms with E-state index in [2.05, 4.69) is 26.2 Å². The van der Waals surface area contributed by atoms with Crippen LogP contribution in [0, 0.1) is 0 Å².